The average molecular weight is 262 g/mol. The maximum Gasteiger partial charge on any atom is 0.407 e. The molecule has 1 heterocycles. The van der Waals surface area contributed by atoms with E-state index in [2.05, 4.69) is 11.4 Å². The topological polar surface area (TPSA) is 73.6 Å². The van der Waals surface area contributed by atoms with Gasteiger partial charge in [-0.25, -0.2) is 4.79 Å². The molecule has 1 aliphatic heterocycles. The van der Waals surface area contributed by atoms with Gasteiger partial charge in [0.05, 0.1) is 6.54 Å². The first kappa shape index (κ1) is 12.3. The molecule has 19 heavy (non-hydrogen) atoms. The monoisotopic (exact) mass is 262 g/mol. The quantitative estimate of drug-likeness (QED) is 0.866. The van der Waals surface area contributed by atoms with E-state index in [0.29, 0.717) is 13.2 Å². The maximum atomic E-state index is 10.9. The Labute approximate surface area is 112 Å². The Balaban J connectivity index is 1.65. The molecule has 1 amide bonds. The summed E-state index contributed by atoms with van der Waals surface area (Å²) >= 11 is 0. The lowest BCUT2D eigenvalue weighted by atomic mass is 9.88. The van der Waals surface area contributed by atoms with Crippen molar-refractivity contribution in [3.63, 3.8) is 0 Å². The van der Waals surface area contributed by atoms with E-state index >= 15 is 0 Å². The maximum absolute atomic E-state index is 10.9. The number of aryl methyl sites for hydroxylation is 1. The van der Waals surface area contributed by atoms with Crippen molar-refractivity contribution in [3.8, 4) is 5.75 Å². The van der Waals surface area contributed by atoms with Crippen molar-refractivity contribution in [2.45, 2.75) is 31.4 Å². The molecule has 0 spiro atoms. The van der Waals surface area contributed by atoms with Crippen LogP contribution >= 0.6 is 0 Å². The van der Waals surface area contributed by atoms with Gasteiger partial charge in [0.2, 0.25) is 0 Å². The molecule has 3 N–H and O–H groups in total. The Hall–Kier alpha value is -1.75. The van der Waals surface area contributed by atoms with Crippen molar-refractivity contribution in [3.05, 3.63) is 29.3 Å². The summed E-state index contributed by atoms with van der Waals surface area (Å²) in [6.45, 7) is 0.871. The molecule has 0 radical (unpaired) electrons. The number of alkyl carbamates (subject to hydrolysis) is 1. The third-order valence-electron chi connectivity index (χ3n) is 3.66. The number of nitrogens with two attached hydrogens (primary N) is 1. The lowest BCUT2D eigenvalue weighted by molar-refractivity contribution is 0.105. The first-order chi connectivity index (χ1) is 9.22. The number of fused-ring (bicyclic) bond motifs is 1. The van der Waals surface area contributed by atoms with Crippen LogP contribution in [0.15, 0.2) is 18.2 Å². The average Bonchev–Trinajstić information content (AvgIpc) is 2.83. The lowest BCUT2D eigenvalue weighted by Crippen LogP contribution is -2.22. The van der Waals surface area contributed by atoms with Crippen molar-refractivity contribution in [2.75, 3.05) is 13.2 Å². The predicted molar refractivity (Wildman–Crippen MR) is 70.1 cm³/mol. The van der Waals surface area contributed by atoms with E-state index in [9.17, 15) is 4.79 Å². The van der Waals surface area contributed by atoms with E-state index < -0.39 is 0 Å². The fourth-order valence-electron chi connectivity index (χ4n) is 2.62. The second-order valence-electron chi connectivity index (χ2n) is 5.08. The lowest BCUT2D eigenvalue weighted by Gasteiger charge is -2.23. The minimum atomic E-state index is -0.374. The van der Waals surface area contributed by atoms with Gasteiger partial charge in [0.25, 0.3) is 0 Å². The molecular weight excluding hydrogens is 244 g/mol. The zero-order chi connectivity index (χ0) is 13.2. The van der Waals surface area contributed by atoms with E-state index in [1.54, 1.807) is 0 Å². The first-order valence-electron chi connectivity index (χ1n) is 6.68. The van der Waals surface area contributed by atoms with Gasteiger partial charge < -0.3 is 20.5 Å². The molecule has 2 aliphatic rings. The van der Waals surface area contributed by atoms with Gasteiger partial charge in [-0.15, -0.1) is 0 Å². The molecule has 1 saturated heterocycles. The summed E-state index contributed by atoms with van der Waals surface area (Å²) in [7, 11) is 0. The highest BCUT2D eigenvalue weighted by Gasteiger charge is 2.23. The summed E-state index contributed by atoms with van der Waals surface area (Å²) in [6.07, 6.45) is 2.69. The van der Waals surface area contributed by atoms with Crippen LogP contribution in [0.1, 0.15) is 30.0 Å². The zero-order valence-corrected chi connectivity index (χ0v) is 10.7. The summed E-state index contributed by atoms with van der Waals surface area (Å²) in [5.41, 5.74) is 8.62. The normalized spacial score (nSPS) is 25.4. The number of amides is 1. The molecule has 1 aromatic carbocycles. The van der Waals surface area contributed by atoms with Gasteiger partial charge in [-0.1, -0.05) is 6.07 Å². The van der Waals surface area contributed by atoms with Crippen molar-refractivity contribution in [1.82, 2.24) is 5.32 Å². The van der Waals surface area contributed by atoms with Crippen LogP contribution in [0.3, 0.4) is 0 Å². The number of rotatable bonds is 3. The molecule has 5 nitrogen and oxygen atoms in total. The van der Waals surface area contributed by atoms with Crippen LogP contribution in [0.25, 0.3) is 0 Å². The van der Waals surface area contributed by atoms with Crippen LogP contribution in [0.2, 0.25) is 0 Å². The second kappa shape index (κ2) is 5.09. The zero-order valence-electron chi connectivity index (χ0n) is 10.7. The molecule has 1 unspecified atom stereocenters. The van der Waals surface area contributed by atoms with Crippen LogP contribution in [0, 0.1) is 0 Å². The van der Waals surface area contributed by atoms with Crippen LogP contribution in [-0.2, 0) is 11.2 Å². The summed E-state index contributed by atoms with van der Waals surface area (Å²) in [5.74, 6) is 0.791. The number of carbonyl (C=O) groups is 1. The number of benzene rings is 1. The molecule has 0 bridgehead atoms. The Kier molecular flexibility index (Phi) is 3.29. The molecular formula is C14H18N2O3. The minimum Gasteiger partial charge on any atom is -0.490 e. The van der Waals surface area contributed by atoms with Crippen molar-refractivity contribution >= 4 is 6.09 Å². The van der Waals surface area contributed by atoms with Gasteiger partial charge >= 0.3 is 6.09 Å². The highest BCUT2D eigenvalue weighted by molar-refractivity contribution is 5.69. The number of cyclic esters (lactones) is 1. The van der Waals surface area contributed by atoms with Crippen LogP contribution in [-0.4, -0.2) is 25.3 Å². The molecule has 102 valence electrons. The van der Waals surface area contributed by atoms with E-state index in [1.807, 2.05) is 12.1 Å². The molecule has 3 rings (SSSR count). The molecule has 1 aromatic rings. The van der Waals surface area contributed by atoms with Gasteiger partial charge in [0, 0.05) is 6.04 Å². The second-order valence-corrected chi connectivity index (χ2v) is 5.08. The Morgan fingerprint density at radius 1 is 1.47 bits per heavy atom. The largest absolute Gasteiger partial charge is 0.490 e. The van der Waals surface area contributed by atoms with Crippen molar-refractivity contribution in [2.24, 2.45) is 5.73 Å². The van der Waals surface area contributed by atoms with Gasteiger partial charge in [0.15, 0.2) is 6.10 Å². The van der Waals surface area contributed by atoms with Gasteiger partial charge in [0.1, 0.15) is 12.4 Å². The third kappa shape index (κ3) is 2.66. The Morgan fingerprint density at radius 2 is 2.37 bits per heavy atom. The number of nitrogens with one attached hydrogen (secondary N) is 1. The highest BCUT2D eigenvalue weighted by atomic mass is 16.6. The van der Waals surface area contributed by atoms with E-state index in [0.717, 1.165) is 25.0 Å². The number of ether oxygens (including phenoxy) is 2. The Bertz CT molecular complexity index is 490. The fourth-order valence-corrected chi connectivity index (χ4v) is 2.62. The van der Waals surface area contributed by atoms with Crippen molar-refractivity contribution in [1.29, 1.82) is 0 Å². The summed E-state index contributed by atoms with van der Waals surface area (Å²) < 4.78 is 10.7. The Morgan fingerprint density at radius 3 is 3.16 bits per heavy atom. The molecule has 1 aliphatic carbocycles. The number of hydrogen-bond acceptors (Lipinski definition) is 4. The molecule has 0 aromatic heterocycles. The first-order valence-corrected chi connectivity index (χ1v) is 6.68. The fraction of sp³-hybridized carbons (Fsp3) is 0.500. The molecule has 5 heteroatoms. The summed E-state index contributed by atoms with van der Waals surface area (Å²) in [5, 5.41) is 2.60. The smallest absolute Gasteiger partial charge is 0.407 e. The number of hydrogen-bond donors (Lipinski definition) is 2. The molecule has 1 fully saturated rings. The third-order valence-corrected chi connectivity index (χ3v) is 3.66. The molecule has 0 saturated carbocycles. The summed E-state index contributed by atoms with van der Waals surface area (Å²) in [6, 6.07) is 6.17. The van der Waals surface area contributed by atoms with Crippen LogP contribution < -0.4 is 15.8 Å². The van der Waals surface area contributed by atoms with Crippen LogP contribution in [0.5, 0.6) is 5.75 Å². The van der Waals surface area contributed by atoms with Crippen molar-refractivity contribution < 1.29 is 14.3 Å². The standard InChI is InChI=1S/C14H18N2O3/c15-13-3-1-2-9-4-5-10(6-12(9)13)18-8-11-7-16-14(17)19-11/h4-6,11,13H,1-3,7-8,15H2,(H,16,17)/t11?,13-/m1/s1. The van der Waals surface area contributed by atoms with Gasteiger partial charge in [-0.05, 0) is 42.5 Å². The predicted octanol–water partition coefficient (Wildman–Crippen LogP) is 1.51. The van der Waals surface area contributed by atoms with E-state index in [4.69, 9.17) is 15.2 Å². The van der Waals surface area contributed by atoms with Gasteiger partial charge in [-0.2, -0.15) is 0 Å². The van der Waals surface area contributed by atoms with E-state index in [-0.39, 0.29) is 18.2 Å². The SMILES string of the molecule is N[C@@H]1CCCc2ccc(OCC3CNC(=O)O3)cc21. The number of carbonyl (C=O) groups excluding carboxylic acids is 1. The van der Waals surface area contributed by atoms with Gasteiger partial charge in [-0.3, -0.25) is 0 Å². The highest BCUT2D eigenvalue weighted by Crippen LogP contribution is 2.30. The summed E-state index contributed by atoms with van der Waals surface area (Å²) in [4.78, 5) is 10.9. The molecule has 2 atom stereocenters. The van der Waals surface area contributed by atoms with Crippen LogP contribution in [0.4, 0.5) is 4.79 Å². The van der Waals surface area contributed by atoms with E-state index in [1.165, 1.54) is 11.1 Å². The minimum absolute atomic E-state index is 0.110.